The van der Waals surface area contributed by atoms with Gasteiger partial charge in [-0.25, -0.2) is 24.5 Å². The third-order valence-electron chi connectivity index (χ3n) is 11.1. The number of alkyl halides is 2. The Hall–Kier alpha value is -8.80. The number of methoxy groups -OCH3 is 6. The molecule has 4 aromatic carbocycles. The first-order valence-corrected chi connectivity index (χ1v) is 22.3. The van der Waals surface area contributed by atoms with Crippen molar-refractivity contribution in [1.29, 1.82) is 0 Å². The summed E-state index contributed by atoms with van der Waals surface area (Å²) in [5.41, 5.74) is 9.83. The van der Waals surface area contributed by atoms with Crippen molar-refractivity contribution in [3.63, 3.8) is 0 Å². The van der Waals surface area contributed by atoms with Gasteiger partial charge in [0.15, 0.2) is 0 Å². The summed E-state index contributed by atoms with van der Waals surface area (Å²) in [4.78, 5) is 54.6. The van der Waals surface area contributed by atoms with Gasteiger partial charge >= 0.3 is 11.9 Å². The van der Waals surface area contributed by atoms with Gasteiger partial charge < -0.3 is 49.3 Å². The quantitative estimate of drug-likeness (QED) is 0.0728. The van der Waals surface area contributed by atoms with Crippen LogP contribution in [0.5, 0.6) is 23.0 Å². The van der Waals surface area contributed by atoms with Crippen LogP contribution in [0.4, 0.5) is 31.8 Å². The van der Waals surface area contributed by atoms with Gasteiger partial charge in [-0.2, -0.15) is 8.78 Å². The smallest absolute Gasteiger partial charge is 0.340 e. The lowest BCUT2D eigenvalue weighted by atomic mass is 10.1. The number of pyridine rings is 3. The van der Waals surface area contributed by atoms with E-state index in [1.54, 1.807) is 34.5 Å². The van der Waals surface area contributed by atoms with E-state index in [0.717, 1.165) is 39.8 Å². The van der Waals surface area contributed by atoms with Crippen molar-refractivity contribution >= 4 is 40.9 Å². The summed E-state index contributed by atoms with van der Waals surface area (Å²) >= 11 is 0. The first kappa shape index (κ1) is 52.6. The van der Waals surface area contributed by atoms with Crippen molar-refractivity contribution < 1.29 is 51.6 Å². The van der Waals surface area contributed by atoms with Gasteiger partial charge in [0, 0.05) is 33.1 Å². The molecule has 0 saturated carbocycles. The van der Waals surface area contributed by atoms with Crippen molar-refractivity contribution in [2.45, 2.75) is 39.0 Å². The summed E-state index contributed by atoms with van der Waals surface area (Å²) < 4.78 is 58.4. The largest absolute Gasteiger partial charge is 0.497 e. The van der Waals surface area contributed by atoms with E-state index in [1.807, 2.05) is 102 Å². The zero-order valence-electron chi connectivity index (χ0n) is 40.9. The Morgan fingerprint density at radius 1 is 0.556 bits per heavy atom. The maximum absolute atomic E-state index is 13.8. The fourth-order valence-electron chi connectivity index (χ4n) is 7.14. The van der Waals surface area contributed by atoms with Crippen molar-refractivity contribution in [3.8, 4) is 23.0 Å². The number of ether oxygens (including phenoxy) is 6. The first-order valence-electron chi connectivity index (χ1n) is 22.3. The molecule has 3 aromatic heterocycles. The van der Waals surface area contributed by atoms with Gasteiger partial charge in [0.25, 0.3) is 11.8 Å². The highest BCUT2D eigenvalue weighted by atomic mass is 19.3. The number of aromatic nitrogens is 3. The zero-order chi connectivity index (χ0) is 51.8. The van der Waals surface area contributed by atoms with Crippen LogP contribution >= 0.6 is 0 Å². The molecule has 3 heterocycles. The molecule has 0 aliphatic heterocycles. The van der Waals surface area contributed by atoms with Gasteiger partial charge in [0.2, 0.25) is 0 Å². The van der Waals surface area contributed by atoms with Crippen LogP contribution in [0.25, 0.3) is 0 Å². The van der Waals surface area contributed by atoms with Crippen LogP contribution < -0.4 is 39.8 Å². The number of carbonyl (C=O) groups is 3. The van der Waals surface area contributed by atoms with Crippen LogP contribution in [0.15, 0.2) is 140 Å². The molecule has 72 heavy (non-hydrogen) atoms. The Labute approximate surface area is 416 Å². The van der Waals surface area contributed by atoms with Crippen LogP contribution in [0.1, 0.15) is 66.1 Å². The fraction of sp³-hybridized carbons (Fsp3) is 0.222. The lowest BCUT2D eigenvalue weighted by Gasteiger charge is -2.25. The lowest BCUT2D eigenvalue weighted by Crippen LogP contribution is -2.24. The molecule has 0 aliphatic carbocycles. The monoisotopic (exact) mass is 983 g/mol. The molecule has 374 valence electrons. The van der Waals surface area contributed by atoms with E-state index in [9.17, 15) is 23.2 Å². The molecule has 16 nitrogen and oxygen atoms in total. The van der Waals surface area contributed by atoms with Crippen LogP contribution in [-0.2, 0) is 41.6 Å². The molecule has 0 aliphatic rings. The van der Waals surface area contributed by atoms with E-state index in [-0.39, 0.29) is 28.2 Å². The van der Waals surface area contributed by atoms with Crippen LogP contribution in [-0.4, -0.2) is 75.5 Å². The van der Waals surface area contributed by atoms with Crippen molar-refractivity contribution in [2.24, 2.45) is 0 Å². The number of nitrogens with zero attached hydrogens (tertiary/aromatic N) is 5. The van der Waals surface area contributed by atoms with Gasteiger partial charge in [0.05, 0.1) is 77.6 Å². The normalized spacial score (nSPS) is 10.7. The highest BCUT2D eigenvalue weighted by molar-refractivity contribution is 6.07. The molecule has 3 N–H and O–H groups in total. The third-order valence-corrected chi connectivity index (χ3v) is 11.1. The molecule has 1 amide bonds. The Bertz CT molecular complexity index is 2820. The molecule has 0 fully saturated rings. The second-order valence-corrected chi connectivity index (χ2v) is 16.1. The number of hydrogen-bond acceptors (Lipinski definition) is 15. The number of benzene rings is 4. The molecule has 0 atom stereocenters. The average Bonchev–Trinajstić information content (AvgIpc) is 3.41. The van der Waals surface area contributed by atoms with E-state index >= 15 is 0 Å². The first-order chi connectivity index (χ1) is 34.6. The summed E-state index contributed by atoms with van der Waals surface area (Å²) in [6.07, 6.45) is 2.81. The summed E-state index contributed by atoms with van der Waals surface area (Å²) in [6.45, 7) is 2.70. The minimum absolute atomic E-state index is 0.0299. The van der Waals surface area contributed by atoms with E-state index < -0.39 is 29.5 Å². The maximum atomic E-state index is 13.8. The summed E-state index contributed by atoms with van der Waals surface area (Å²) in [7, 11) is 9.00. The zero-order valence-corrected chi connectivity index (χ0v) is 40.9. The highest BCUT2D eigenvalue weighted by Gasteiger charge is 2.28. The number of halogens is 2. The number of anilines is 4. The number of nitrogens with one attached hydrogen (secondary N) is 1. The molecule has 7 rings (SSSR count). The van der Waals surface area contributed by atoms with E-state index in [4.69, 9.17) is 34.2 Å². The predicted molar refractivity (Wildman–Crippen MR) is 269 cm³/mol. The van der Waals surface area contributed by atoms with Crippen LogP contribution in [0.3, 0.4) is 0 Å². The topological polar surface area (TPSA) is 190 Å². The second-order valence-electron chi connectivity index (χ2n) is 16.1. The molecule has 0 bridgehead atoms. The standard InChI is InChI=1S/C31H30F2N4O5.C23H25N3O4/c1-31(32,33)27-7-5-6-25(35-27)29(38)36-26-17-34-28(16-24(26)30(39)42-4)37(18-20-8-12-22(40-2)13-9-20)19-21-10-14-23(41-3)15-11-21;1-28-18-8-4-16(5-9-18)14-26(15-17-6-10-19(29-2)11-7-17)22-12-20(23(27)30-3)21(24)13-25-22/h5-17H,18-19H2,1-4H3,(H,36,38);4-13H,14-15,24H2,1-3H3. The summed E-state index contributed by atoms with van der Waals surface area (Å²) in [5.74, 6) is -1.15. The number of hydrogen-bond donors (Lipinski definition) is 2. The van der Waals surface area contributed by atoms with Crippen LogP contribution in [0.2, 0.25) is 0 Å². The second kappa shape index (κ2) is 24.7. The number of nitrogen functional groups attached to an aromatic ring is 1. The van der Waals surface area contributed by atoms with Gasteiger partial charge in [-0.3, -0.25) is 4.79 Å². The minimum Gasteiger partial charge on any atom is -0.497 e. The lowest BCUT2D eigenvalue weighted by molar-refractivity contribution is 0.0126. The number of carbonyl (C=O) groups excluding carboxylic acids is 3. The van der Waals surface area contributed by atoms with Crippen molar-refractivity contribution in [1.82, 2.24) is 15.0 Å². The summed E-state index contributed by atoms with van der Waals surface area (Å²) in [5, 5.41) is 2.56. The molecule has 18 heteroatoms. The molecule has 0 radical (unpaired) electrons. The SMILES string of the molecule is COC(=O)c1cc(N(Cc2ccc(OC)cc2)Cc2ccc(OC)cc2)ncc1N.COC(=O)c1cc(N(Cc2ccc(OC)cc2)Cc2ccc(OC)cc2)ncc1NC(=O)c1cccc(C(C)(F)F)n1. The van der Waals surface area contributed by atoms with Gasteiger partial charge in [-0.1, -0.05) is 54.6 Å². The Morgan fingerprint density at radius 2 is 0.931 bits per heavy atom. The van der Waals surface area contributed by atoms with Crippen LogP contribution in [0, 0.1) is 0 Å². The Morgan fingerprint density at radius 3 is 1.31 bits per heavy atom. The number of esters is 2. The number of nitrogens with two attached hydrogens (primary N) is 1. The number of amides is 1. The van der Waals surface area contributed by atoms with Gasteiger partial charge in [-0.15, -0.1) is 0 Å². The molecular formula is C54H55F2N7O9. The predicted octanol–water partition coefficient (Wildman–Crippen LogP) is 9.53. The Balaban J connectivity index is 0.000000249. The molecule has 0 unspecified atom stereocenters. The van der Waals surface area contributed by atoms with E-state index in [0.29, 0.717) is 56.2 Å². The minimum atomic E-state index is -3.23. The highest BCUT2D eigenvalue weighted by Crippen LogP contribution is 2.29. The van der Waals surface area contributed by atoms with Gasteiger partial charge in [0.1, 0.15) is 46.0 Å². The summed E-state index contributed by atoms with van der Waals surface area (Å²) in [6, 6.07) is 37.7. The van der Waals surface area contributed by atoms with E-state index in [1.165, 1.54) is 44.8 Å². The maximum Gasteiger partial charge on any atom is 0.340 e. The molecule has 0 spiro atoms. The van der Waals surface area contributed by atoms with Crippen molar-refractivity contribution in [2.75, 3.05) is 63.5 Å². The Kier molecular flexibility index (Phi) is 18.0. The third kappa shape index (κ3) is 14.1. The number of rotatable bonds is 19. The molecular weight excluding hydrogens is 929 g/mol. The van der Waals surface area contributed by atoms with E-state index in [2.05, 4.69) is 25.2 Å². The van der Waals surface area contributed by atoms with Gasteiger partial charge in [-0.05, 0) is 95.1 Å². The molecule has 7 aromatic rings. The fourth-order valence-corrected chi connectivity index (χ4v) is 7.14. The van der Waals surface area contributed by atoms with Crippen molar-refractivity contribution in [3.05, 3.63) is 185 Å². The molecule has 0 saturated heterocycles. The average molecular weight is 984 g/mol.